The van der Waals surface area contributed by atoms with Crippen molar-refractivity contribution in [2.45, 2.75) is 13.8 Å². The average Bonchev–Trinajstić information content (AvgIpc) is 2.58. The van der Waals surface area contributed by atoms with Gasteiger partial charge in [-0.3, -0.25) is 9.59 Å². The zero-order valence-electron chi connectivity index (χ0n) is 13.5. The summed E-state index contributed by atoms with van der Waals surface area (Å²) in [4.78, 5) is 23.2. The van der Waals surface area contributed by atoms with Crippen LogP contribution in [0.2, 0.25) is 0 Å². The normalized spacial score (nSPS) is 10.9. The van der Waals surface area contributed by atoms with Crippen LogP contribution in [0.15, 0.2) is 58.7 Å². The first kappa shape index (κ1) is 17.1. The van der Waals surface area contributed by atoms with E-state index in [2.05, 4.69) is 21.1 Å². The van der Waals surface area contributed by atoms with Crippen LogP contribution in [-0.2, 0) is 9.59 Å². The van der Waals surface area contributed by atoms with Gasteiger partial charge < -0.3 is 0 Å². The summed E-state index contributed by atoms with van der Waals surface area (Å²) in [5.41, 5.74) is 8.07. The van der Waals surface area contributed by atoms with Gasteiger partial charge in [0, 0.05) is 0 Å². The SMILES string of the molecule is Cc1ccccc1C=NNC(=O)C(=O)NN=Cc1ccccc1C. The third kappa shape index (κ3) is 4.88. The first-order chi connectivity index (χ1) is 11.6. The van der Waals surface area contributed by atoms with Gasteiger partial charge in [0.1, 0.15) is 0 Å². The molecular formula is C18H18N4O2. The van der Waals surface area contributed by atoms with E-state index in [1.165, 1.54) is 12.4 Å². The van der Waals surface area contributed by atoms with Gasteiger partial charge in [-0.2, -0.15) is 10.2 Å². The number of carbonyl (C=O) groups excluding carboxylic acids is 2. The molecule has 0 saturated carbocycles. The van der Waals surface area contributed by atoms with E-state index in [1.54, 1.807) is 0 Å². The predicted molar refractivity (Wildman–Crippen MR) is 93.8 cm³/mol. The fourth-order valence-electron chi connectivity index (χ4n) is 1.89. The second-order valence-corrected chi connectivity index (χ2v) is 5.11. The monoisotopic (exact) mass is 322 g/mol. The van der Waals surface area contributed by atoms with E-state index in [0.717, 1.165) is 22.3 Å². The molecule has 0 bridgehead atoms. The van der Waals surface area contributed by atoms with Crippen LogP contribution in [0.4, 0.5) is 0 Å². The summed E-state index contributed by atoms with van der Waals surface area (Å²) in [6.45, 7) is 3.85. The molecule has 2 aromatic rings. The third-order valence-electron chi connectivity index (χ3n) is 3.32. The quantitative estimate of drug-likeness (QED) is 0.512. The zero-order chi connectivity index (χ0) is 17.4. The highest BCUT2D eigenvalue weighted by Crippen LogP contribution is 2.03. The summed E-state index contributed by atoms with van der Waals surface area (Å²) in [6, 6.07) is 15.1. The van der Waals surface area contributed by atoms with Crippen LogP contribution < -0.4 is 10.9 Å². The lowest BCUT2D eigenvalue weighted by atomic mass is 10.1. The van der Waals surface area contributed by atoms with Crippen molar-refractivity contribution in [3.05, 3.63) is 70.8 Å². The van der Waals surface area contributed by atoms with E-state index in [1.807, 2.05) is 62.4 Å². The minimum Gasteiger partial charge on any atom is -0.262 e. The van der Waals surface area contributed by atoms with E-state index in [9.17, 15) is 9.59 Å². The number of hydrazone groups is 2. The predicted octanol–water partition coefficient (Wildman–Crippen LogP) is 1.90. The van der Waals surface area contributed by atoms with Gasteiger partial charge in [0.05, 0.1) is 12.4 Å². The molecule has 122 valence electrons. The number of hydrogen-bond donors (Lipinski definition) is 2. The Morgan fingerprint density at radius 1 is 0.750 bits per heavy atom. The first-order valence-corrected chi connectivity index (χ1v) is 7.35. The Morgan fingerprint density at radius 3 is 1.50 bits per heavy atom. The lowest BCUT2D eigenvalue weighted by molar-refractivity contribution is -0.139. The molecule has 0 saturated heterocycles. The van der Waals surface area contributed by atoms with Crippen molar-refractivity contribution in [3.63, 3.8) is 0 Å². The van der Waals surface area contributed by atoms with Gasteiger partial charge in [-0.1, -0.05) is 48.5 Å². The minimum absolute atomic E-state index is 0.857. The molecule has 0 aliphatic carbocycles. The lowest BCUT2D eigenvalue weighted by Crippen LogP contribution is -2.35. The fourth-order valence-corrected chi connectivity index (χ4v) is 1.89. The van der Waals surface area contributed by atoms with Crippen LogP contribution in [0.5, 0.6) is 0 Å². The van der Waals surface area contributed by atoms with E-state index in [4.69, 9.17) is 0 Å². The smallest absolute Gasteiger partial charge is 0.262 e. The zero-order valence-corrected chi connectivity index (χ0v) is 13.5. The van der Waals surface area contributed by atoms with Crippen molar-refractivity contribution in [3.8, 4) is 0 Å². The van der Waals surface area contributed by atoms with Gasteiger partial charge in [-0.25, -0.2) is 10.9 Å². The Kier molecular flexibility index (Phi) is 5.96. The third-order valence-corrected chi connectivity index (χ3v) is 3.32. The standard InChI is InChI=1S/C18H18N4O2/c1-13-7-3-5-9-15(13)11-19-21-17(23)18(24)22-20-12-16-10-6-4-8-14(16)2/h3-12H,1-2H3,(H,21,23)(H,22,24). The van der Waals surface area contributed by atoms with Crippen molar-refractivity contribution in [1.82, 2.24) is 10.9 Å². The van der Waals surface area contributed by atoms with Gasteiger partial charge in [0.25, 0.3) is 0 Å². The van der Waals surface area contributed by atoms with Crippen molar-refractivity contribution < 1.29 is 9.59 Å². The highest BCUT2D eigenvalue weighted by Gasteiger charge is 2.11. The molecule has 0 aliphatic rings. The van der Waals surface area contributed by atoms with Crippen molar-refractivity contribution >= 4 is 24.2 Å². The Labute approximate surface area is 140 Å². The maximum absolute atomic E-state index is 11.6. The van der Waals surface area contributed by atoms with Gasteiger partial charge in [-0.05, 0) is 36.1 Å². The van der Waals surface area contributed by atoms with Gasteiger partial charge in [-0.15, -0.1) is 0 Å². The highest BCUT2D eigenvalue weighted by atomic mass is 16.2. The number of carbonyl (C=O) groups is 2. The molecule has 6 nitrogen and oxygen atoms in total. The molecular weight excluding hydrogens is 304 g/mol. The summed E-state index contributed by atoms with van der Waals surface area (Å²) < 4.78 is 0. The molecule has 2 amide bonds. The van der Waals surface area contributed by atoms with Gasteiger partial charge in [0.15, 0.2) is 0 Å². The lowest BCUT2D eigenvalue weighted by Gasteiger charge is -2.00. The average molecular weight is 322 g/mol. The topological polar surface area (TPSA) is 82.9 Å². The number of nitrogens with one attached hydrogen (secondary N) is 2. The number of aryl methyl sites for hydroxylation is 2. The maximum atomic E-state index is 11.6. The highest BCUT2D eigenvalue weighted by molar-refractivity contribution is 6.35. The molecule has 0 atom stereocenters. The molecule has 0 radical (unpaired) electrons. The number of rotatable bonds is 4. The Bertz CT molecular complexity index is 730. The Hall–Kier alpha value is -3.28. The second kappa shape index (κ2) is 8.38. The molecule has 2 rings (SSSR count). The molecule has 0 aliphatic heterocycles. The molecule has 0 spiro atoms. The van der Waals surface area contributed by atoms with Crippen LogP contribution in [-0.4, -0.2) is 24.2 Å². The molecule has 0 aromatic heterocycles. The van der Waals surface area contributed by atoms with E-state index >= 15 is 0 Å². The van der Waals surface area contributed by atoms with Crippen molar-refractivity contribution in [2.24, 2.45) is 10.2 Å². The van der Waals surface area contributed by atoms with E-state index < -0.39 is 11.8 Å². The van der Waals surface area contributed by atoms with Gasteiger partial charge in [0.2, 0.25) is 0 Å². The minimum atomic E-state index is -0.887. The second-order valence-electron chi connectivity index (χ2n) is 5.11. The molecule has 0 unspecified atom stereocenters. The summed E-state index contributed by atoms with van der Waals surface area (Å²) in [5, 5.41) is 7.53. The summed E-state index contributed by atoms with van der Waals surface area (Å²) >= 11 is 0. The van der Waals surface area contributed by atoms with Crippen LogP contribution in [0.25, 0.3) is 0 Å². The van der Waals surface area contributed by atoms with Crippen LogP contribution in [0.3, 0.4) is 0 Å². The molecule has 2 aromatic carbocycles. The fraction of sp³-hybridized carbons (Fsp3) is 0.111. The molecule has 24 heavy (non-hydrogen) atoms. The van der Waals surface area contributed by atoms with E-state index in [-0.39, 0.29) is 0 Å². The molecule has 0 heterocycles. The van der Waals surface area contributed by atoms with Crippen LogP contribution in [0.1, 0.15) is 22.3 Å². The molecule has 6 heteroatoms. The maximum Gasteiger partial charge on any atom is 0.331 e. The Morgan fingerprint density at radius 2 is 1.12 bits per heavy atom. The molecule has 0 fully saturated rings. The summed E-state index contributed by atoms with van der Waals surface area (Å²) in [6.07, 6.45) is 2.97. The van der Waals surface area contributed by atoms with Crippen molar-refractivity contribution in [1.29, 1.82) is 0 Å². The largest absolute Gasteiger partial charge is 0.331 e. The van der Waals surface area contributed by atoms with Gasteiger partial charge >= 0.3 is 11.8 Å². The number of nitrogens with zero attached hydrogens (tertiary/aromatic N) is 2. The van der Waals surface area contributed by atoms with E-state index in [0.29, 0.717) is 0 Å². The Balaban J connectivity index is 1.85. The number of hydrogen-bond acceptors (Lipinski definition) is 4. The number of benzene rings is 2. The molecule has 2 N–H and O–H groups in total. The van der Waals surface area contributed by atoms with Crippen LogP contribution in [0, 0.1) is 13.8 Å². The first-order valence-electron chi connectivity index (χ1n) is 7.35. The van der Waals surface area contributed by atoms with Crippen molar-refractivity contribution in [2.75, 3.05) is 0 Å². The number of amides is 2. The summed E-state index contributed by atoms with van der Waals surface area (Å²) in [7, 11) is 0. The summed E-state index contributed by atoms with van der Waals surface area (Å²) in [5.74, 6) is -1.77. The van der Waals surface area contributed by atoms with Crippen LogP contribution >= 0.6 is 0 Å².